The van der Waals surface area contributed by atoms with Crippen LogP contribution in [0.4, 0.5) is 5.69 Å². The topological polar surface area (TPSA) is 67.4 Å². The van der Waals surface area contributed by atoms with Crippen molar-refractivity contribution in [1.29, 1.82) is 0 Å². The highest BCUT2D eigenvalue weighted by Gasteiger charge is 2.38. The van der Waals surface area contributed by atoms with E-state index in [1.54, 1.807) is 24.3 Å². The van der Waals surface area contributed by atoms with Crippen molar-refractivity contribution in [2.24, 2.45) is 0 Å². The summed E-state index contributed by atoms with van der Waals surface area (Å²) in [5.41, 5.74) is 2.38. The fourth-order valence-electron chi connectivity index (χ4n) is 3.92. The highest BCUT2D eigenvalue weighted by Crippen LogP contribution is 2.43. The molecule has 0 aliphatic heterocycles. The maximum atomic E-state index is 12.6. The third kappa shape index (κ3) is 4.94. The summed E-state index contributed by atoms with van der Waals surface area (Å²) in [6, 6.07) is 26.5. The highest BCUT2D eigenvalue weighted by atomic mass is 16.5. The molecule has 1 fully saturated rings. The summed E-state index contributed by atoms with van der Waals surface area (Å²) in [4.78, 5) is 25.1. The molecule has 1 aliphatic carbocycles. The first-order valence-corrected chi connectivity index (χ1v) is 10.6. The number of hydrogen-bond donors (Lipinski definition) is 2. The molecular weight excluding hydrogens is 388 g/mol. The molecule has 158 valence electrons. The molecule has 0 spiro atoms. The van der Waals surface area contributed by atoms with Gasteiger partial charge in [-0.2, -0.15) is 0 Å². The van der Waals surface area contributed by atoms with Gasteiger partial charge in [-0.1, -0.05) is 67.1 Å². The number of hydrogen-bond acceptors (Lipinski definition) is 3. The molecule has 5 nitrogen and oxygen atoms in total. The van der Waals surface area contributed by atoms with Gasteiger partial charge < -0.3 is 15.4 Å². The van der Waals surface area contributed by atoms with Crippen LogP contribution in [0.3, 0.4) is 0 Å². The summed E-state index contributed by atoms with van der Waals surface area (Å²) in [5, 5.41) is 5.86. The normalized spacial score (nSPS) is 14.2. The van der Waals surface area contributed by atoms with E-state index in [-0.39, 0.29) is 23.8 Å². The Hall–Kier alpha value is -3.60. The zero-order chi connectivity index (χ0) is 21.5. The van der Waals surface area contributed by atoms with Gasteiger partial charge in [0, 0.05) is 17.6 Å². The summed E-state index contributed by atoms with van der Waals surface area (Å²) in [7, 11) is 0. The zero-order valence-corrected chi connectivity index (χ0v) is 17.3. The van der Waals surface area contributed by atoms with Crippen LogP contribution in [0.5, 0.6) is 5.75 Å². The van der Waals surface area contributed by atoms with Gasteiger partial charge in [-0.15, -0.1) is 0 Å². The Labute approximate surface area is 182 Å². The van der Waals surface area contributed by atoms with Crippen molar-refractivity contribution in [1.82, 2.24) is 5.32 Å². The van der Waals surface area contributed by atoms with Crippen LogP contribution < -0.4 is 15.4 Å². The van der Waals surface area contributed by atoms with Crippen LogP contribution in [0.2, 0.25) is 0 Å². The van der Waals surface area contributed by atoms with E-state index >= 15 is 0 Å². The fourth-order valence-corrected chi connectivity index (χ4v) is 3.92. The van der Waals surface area contributed by atoms with Crippen LogP contribution in [0, 0.1) is 0 Å². The quantitative estimate of drug-likeness (QED) is 0.568. The van der Waals surface area contributed by atoms with Gasteiger partial charge in [0.1, 0.15) is 5.75 Å². The largest absolute Gasteiger partial charge is 0.483 e. The van der Waals surface area contributed by atoms with Crippen molar-refractivity contribution in [2.45, 2.75) is 24.7 Å². The summed E-state index contributed by atoms with van der Waals surface area (Å²) in [5.74, 6) is -0.0901. The molecular formula is C26H26N2O3. The average Bonchev–Trinajstić information content (AvgIpc) is 2.78. The molecule has 4 rings (SSSR count). The molecule has 0 saturated heterocycles. The number of para-hydroxylation sites is 2. The number of ether oxygens (including phenoxy) is 1. The van der Waals surface area contributed by atoms with Crippen LogP contribution in [-0.4, -0.2) is 25.0 Å². The van der Waals surface area contributed by atoms with Crippen molar-refractivity contribution in [3.63, 3.8) is 0 Å². The molecule has 0 heterocycles. The number of anilines is 1. The Bertz CT molecular complexity index is 1030. The first kappa shape index (κ1) is 20.7. The van der Waals surface area contributed by atoms with Gasteiger partial charge in [-0.3, -0.25) is 9.59 Å². The lowest BCUT2D eigenvalue weighted by Crippen LogP contribution is -2.46. The van der Waals surface area contributed by atoms with Crippen LogP contribution in [0.1, 0.15) is 35.2 Å². The van der Waals surface area contributed by atoms with Crippen molar-refractivity contribution < 1.29 is 14.3 Å². The smallest absolute Gasteiger partial charge is 0.259 e. The predicted octanol–water partition coefficient (Wildman–Crippen LogP) is 4.56. The van der Waals surface area contributed by atoms with E-state index in [1.165, 1.54) is 12.0 Å². The highest BCUT2D eigenvalue weighted by molar-refractivity contribution is 6.06. The molecule has 0 bridgehead atoms. The minimum absolute atomic E-state index is 0.0183. The van der Waals surface area contributed by atoms with Crippen LogP contribution in [0.15, 0.2) is 84.9 Å². The van der Waals surface area contributed by atoms with E-state index < -0.39 is 0 Å². The number of carbonyl (C=O) groups excluding carboxylic acids is 2. The van der Waals surface area contributed by atoms with Gasteiger partial charge in [0.25, 0.3) is 11.8 Å². The van der Waals surface area contributed by atoms with Gasteiger partial charge in [0.2, 0.25) is 0 Å². The van der Waals surface area contributed by atoms with Crippen LogP contribution >= 0.6 is 0 Å². The molecule has 1 aliphatic rings. The van der Waals surface area contributed by atoms with Crippen molar-refractivity contribution in [2.75, 3.05) is 18.5 Å². The Balaban J connectivity index is 1.34. The third-order valence-electron chi connectivity index (χ3n) is 5.84. The number of benzene rings is 3. The maximum Gasteiger partial charge on any atom is 0.259 e. The second-order valence-electron chi connectivity index (χ2n) is 7.88. The second-order valence-corrected chi connectivity index (χ2v) is 7.88. The van der Waals surface area contributed by atoms with Crippen LogP contribution in [-0.2, 0) is 10.2 Å². The van der Waals surface area contributed by atoms with E-state index in [0.29, 0.717) is 23.5 Å². The van der Waals surface area contributed by atoms with Gasteiger partial charge in [-0.05, 0) is 42.7 Å². The molecule has 3 aromatic carbocycles. The second kappa shape index (κ2) is 9.47. The van der Waals surface area contributed by atoms with E-state index in [9.17, 15) is 9.59 Å². The molecule has 31 heavy (non-hydrogen) atoms. The van der Waals surface area contributed by atoms with Crippen LogP contribution in [0.25, 0.3) is 0 Å². The molecule has 0 aromatic heterocycles. The summed E-state index contributed by atoms with van der Waals surface area (Å²) in [6.45, 7) is 0.454. The van der Waals surface area contributed by atoms with Gasteiger partial charge in [0.05, 0.1) is 5.56 Å². The van der Waals surface area contributed by atoms with E-state index in [1.807, 2.05) is 48.5 Å². The number of rotatable bonds is 8. The first-order valence-electron chi connectivity index (χ1n) is 10.6. The third-order valence-corrected chi connectivity index (χ3v) is 5.84. The van der Waals surface area contributed by atoms with E-state index in [0.717, 1.165) is 12.8 Å². The molecule has 5 heteroatoms. The standard InChI is InChI=1S/C26H26N2O3/c29-24(27-19-26(16-9-17-26)20-10-3-1-4-11-20)18-31-23-15-8-7-14-22(23)25(30)28-21-12-5-2-6-13-21/h1-8,10-15H,9,16-19H2,(H,27,29)(H,28,30). The summed E-state index contributed by atoms with van der Waals surface area (Å²) >= 11 is 0. The van der Waals surface area contributed by atoms with Crippen molar-refractivity contribution in [3.8, 4) is 5.75 Å². The monoisotopic (exact) mass is 414 g/mol. The summed E-state index contributed by atoms with van der Waals surface area (Å²) in [6.07, 6.45) is 3.31. The van der Waals surface area contributed by atoms with Gasteiger partial charge in [-0.25, -0.2) is 0 Å². The van der Waals surface area contributed by atoms with Gasteiger partial charge in [0.15, 0.2) is 6.61 Å². The molecule has 3 aromatic rings. The van der Waals surface area contributed by atoms with E-state index in [2.05, 4.69) is 22.8 Å². The Morgan fingerprint density at radius 2 is 1.48 bits per heavy atom. The first-order chi connectivity index (χ1) is 15.2. The minimum atomic E-state index is -0.278. The fraction of sp³-hybridized carbons (Fsp3) is 0.231. The molecule has 0 unspecified atom stereocenters. The Morgan fingerprint density at radius 3 is 2.16 bits per heavy atom. The minimum Gasteiger partial charge on any atom is -0.483 e. The molecule has 0 radical (unpaired) electrons. The number of amides is 2. The molecule has 2 N–H and O–H groups in total. The lowest BCUT2D eigenvalue weighted by atomic mass is 9.64. The Kier molecular flexibility index (Phi) is 6.32. The van der Waals surface area contributed by atoms with Crippen molar-refractivity contribution in [3.05, 3.63) is 96.1 Å². The number of nitrogens with one attached hydrogen (secondary N) is 2. The molecule has 2 amide bonds. The number of carbonyl (C=O) groups is 2. The maximum absolute atomic E-state index is 12.6. The molecule has 0 atom stereocenters. The molecule has 1 saturated carbocycles. The predicted molar refractivity (Wildman–Crippen MR) is 121 cm³/mol. The van der Waals surface area contributed by atoms with Gasteiger partial charge >= 0.3 is 0 Å². The lowest BCUT2D eigenvalue weighted by Gasteiger charge is -2.42. The lowest BCUT2D eigenvalue weighted by molar-refractivity contribution is -0.123. The van der Waals surface area contributed by atoms with Crippen molar-refractivity contribution >= 4 is 17.5 Å². The zero-order valence-electron chi connectivity index (χ0n) is 17.3. The average molecular weight is 415 g/mol. The van der Waals surface area contributed by atoms with E-state index in [4.69, 9.17) is 4.74 Å². The SMILES string of the molecule is O=C(COc1ccccc1C(=O)Nc1ccccc1)NCC1(c2ccccc2)CCC1. The summed E-state index contributed by atoms with van der Waals surface area (Å²) < 4.78 is 5.71. The Morgan fingerprint density at radius 1 is 0.839 bits per heavy atom.